The summed E-state index contributed by atoms with van der Waals surface area (Å²) in [6.45, 7) is 7.39. The highest BCUT2D eigenvalue weighted by molar-refractivity contribution is 7.70. The minimum atomic E-state index is -4.41. The summed E-state index contributed by atoms with van der Waals surface area (Å²) in [5.74, 6) is 6.38. The molecule has 0 spiro atoms. The first-order valence-electron chi connectivity index (χ1n) is 13.1. The maximum absolute atomic E-state index is 14.9. The molecule has 40 heavy (non-hydrogen) atoms. The quantitative estimate of drug-likeness (QED) is 0.175. The molecule has 1 fully saturated rings. The van der Waals surface area contributed by atoms with Crippen LogP contribution in [0, 0.1) is 11.8 Å². The molecule has 4 rings (SSSR count). The Hall–Kier alpha value is -2.73. The number of hydrogen-bond donors (Lipinski definition) is 2. The molecular formula is C29H34F4N3O2PS. The van der Waals surface area contributed by atoms with E-state index in [2.05, 4.69) is 22.5 Å². The van der Waals surface area contributed by atoms with E-state index in [9.17, 15) is 22.1 Å². The van der Waals surface area contributed by atoms with Crippen LogP contribution >= 0.6 is 18.5 Å². The molecule has 11 heteroatoms. The first kappa shape index (κ1) is 30.2. The van der Waals surface area contributed by atoms with Crippen LogP contribution in [0.15, 0.2) is 36.4 Å². The highest BCUT2D eigenvalue weighted by atomic mass is 32.1. The Balaban J connectivity index is 1.59. The van der Waals surface area contributed by atoms with Crippen molar-refractivity contribution >= 4 is 45.2 Å². The van der Waals surface area contributed by atoms with Crippen molar-refractivity contribution < 1.29 is 26.9 Å². The summed E-state index contributed by atoms with van der Waals surface area (Å²) < 4.78 is 74.0. The maximum Gasteiger partial charge on any atom is 0.393 e. The van der Waals surface area contributed by atoms with Gasteiger partial charge in [-0.3, -0.25) is 0 Å². The molecule has 0 unspecified atom stereocenters. The molecule has 5 nitrogen and oxygen atoms in total. The normalized spacial score (nSPS) is 18.3. The molecule has 3 aromatic rings. The Morgan fingerprint density at radius 1 is 1.20 bits per heavy atom. The molecule has 0 radical (unpaired) electrons. The van der Waals surface area contributed by atoms with Gasteiger partial charge in [-0.25, -0.2) is 4.39 Å². The van der Waals surface area contributed by atoms with Crippen LogP contribution in [0.3, 0.4) is 0 Å². The molecule has 0 bridgehead atoms. The van der Waals surface area contributed by atoms with Gasteiger partial charge in [0, 0.05) is 18.4 Å². The molecule has 1 aliphatic heterocycles. The van der Waals surface area contributed by atoms with Gasteiger partial charge >= 0.3 is 6.18 Å². The van der Waals surface area contributed by atoms with Crippen molar-refractivity contribution in [2.45, 2.75) is 38.2 Å². The zero-order chi connectivity index (χ0) is 29.1. The summed E-state index contributed by atoms with van der Waals surface area (Å²) >= 11 is 1.19. The van der Waals surface area contributed by atoms with Gasteiger partial charge in [0.2, 0.25) is 0 Å². The van der Waals surface area contributed by atoms with Crippen molar-refractivity contribution in [3.8, 4) is 17.6 Å². The molecule has 2 heterocycles. The van der Waals surface area contributed by atoms with Crippen LogP contribution in [-0.4, -0.2) is 69.9 Å². The van der Waals surface area contributed by atoms with Gasteiger partial charge in [-0.15, -0.1) is 11.3 Å². The van der Waals surface area contributed by atoms with Gasteiger partial charge < -0.3 is 24.8 Å². The predicted octanol–water partition coefficient (Wildman–Crippen LogP) is 6.57. The first-order valence-corrected chi connectivity index (χ1v) is 16.5. The summed E-state index contributed by atoms with van der Waals surface area (Å²) in [5, 5.41) is 7.56. The molecule has 216 valence electrons. The number of nitrogens with one attached hydrogen (secondary N) is 2. The van der Waals surface area contributed by atoms with E-state index >= 15 is 0 Å². The molecule has 1 aromatic heterocycles. The molecule has 0 saturated carbocycles. The van der Waals surface area contributed by atoms with Crippen LogP contribution in [-0.2, 0) is 11.0 Å². The van der Waals surface area contributed by atoms with Crippen molar-refractivity contribution in [3.05, 3.63) is 46.8 Å². The number of nitrogens with zero attached hydrogens (tertiary/aromatic N) is 1. The number of piperidine rings is 1. The van der Waals surface area contributed by atoms with E-state index in [1.807, 2.05) is 11.8 Å². The van der Waals surface area contributed by atoms with Crippen LogP contribution in [0.25, 0.3) is 10.1 Å². The average Bonchev–Trinajstić information content (AvgIpc) is 3.23. The van der Waals surface area contributed by atoms with Crippen molar-refractivity contribution in [2.24, 2.45) is 0 Å². The number of hydrogen-bond acceptors (Lipinski definition) is 6. The third-order valence-corrected chi connectivity index (χ3v) is 9.70. The van der Waals surface area contributed by atoms with E-state index in [1.54, 1.807) is 49.7 Å². The Morgan fingerprint density at radius 3 is 2.62 bits per heavy atom. The molecular weight excluding hydrogens is 561 g/mol. The fourth-order valence-electron chi connectivity index (χ4n) is 4.80. The van der Waals surface area contributed by atoms with Gasteiger partial charge in [0.05, 0.1) is 47.1 Å². The van der Waals surface area contributed by atoms with Gasteiger partial charge in [0.25, 0.3) is 0 Å². The maximum atomic E-state index is 14.9. The third-order valence-electron chi connectivity index (χ3n) is 6.99. The number of halogens is 4. The predicted molar refractivity (Wildman–Crippen MR) is 158 cm³/mol. The minimum absolute atomic E-state index is 0.129. The van der Waals surface area contributed by atoms with E-state index in [4.69, 9.17) is 4.74 Å². The van der Waals surface area contributed by atoms with Gasteiger partial charge in [-0.2, -0.15) is 13.2 Å². The number of ether oxygens (including phenoxy) is 1. The molecule has 1 saturated heterocycles. The zero-order valence-corrected chi connectivity index (χ0v) is 24.7. The van der Waals surface area contributed by atoms with Gasteiger partial charge in [0.15, 0.2) is 0 Å². The molecule has 2 aromatic carbocycles. The second-order valence-electron chi connectivity index (χ2n) is 10.2. The summed E-state index contributed by atoms with van der Waals surface area (Å²) in [6, 6.07) is 9.98. The smallest absolute Gasteiger partial charge is 0.393 e. The van der Waals surface area contributed by atoms with E-state index in [0.29, 0.717) is 50.4 Å². The number of alkyl halides is 4. The van der Waals surface area contributed by atoms with E-state index in [1.165, 1.54) is 18.4 Å². The molecule has 0 aliphatic carbocycles. The fourth-order valence-corrected chi connectivity index (χ4v) is 6.84. The monoisotopic (exact) mass is 595 g/mol. The highest BCUT2D eigenvalue weighted by Gasteiger charge is 2.32. The second-order valence-corrected chi connectivity index (χ2v) is 14.5. The number of likely N-dealkylation sites (tertiary alicyclic amines) is 1. The Labute approximate surface area is 236 Å². The lowest BCUT2D eigenvalue weighted by molar-refractivity contribution is -0.126. The zero-order valence-electron chi connectivity index (χ0n) is 23.0. The Kier molecular flexibility index (Phi) is 9.39. The lowest BCUT2D eigenvalue weighted by atomic mass is 10.0. The van der Waals surface area contributed by atoms with Crippen molar-refractivity contribution in [1.29, 1.82) is 0 Å². The van der Waals surface area contributed by atoms with Gasteiger partial charge in [0.1, 0.15) is 19.1 Å². The van der Waals surface area contributed by atoms with Crippen molar-refractivity contribution in [3.63, 3.8) is 0 Å². The number of fused-ring (bicyclic) bond motifs is 1. The standard InChI is InChI=1S/C29H34F4N3O2PS/c1-5-36-15-13-23(22(30)18-36)35-25-9-6-8-20-21(17-29(31,32)33)27(40-28(20)25)10-7-14-34-24-12-11-19(39(3,4)37)16-26(24)38-2/h6,8-9,11-12,16,22-23,34-35H,5,13-15,17-18H2,1-4H3/t22-,23+/m0/s1. The van der Waals surface area contributed by atoms with Crippen LogP contribution in [0.5, 0.6) is 5.75 Å². The molecule has 1 aliphatic rings. The van der Waals surface area contributed by atoms with Crippen LogP contribution in [0.1, 0.15) is 23.8 Å². The number of rotatable bonds is 8. The van der Waals surface area contributed by atoms with Gasteiger partial charge in [-0.1, -0.05) is 30.9 Å². The summed E-state index contributed by atoms with van der Waals surface area (Å²) in [6.07, 6.45) is -5.96. The van der Waals surface area contributed by atoms with Crippen molar-refractivity contribution in [2.75, 3.05) is 57.3 Å². The summed E-state index contributed by atoms with van der Waals surface area (Å²) in [5.41, 5.74) is 1.40. The SMILES string of the molecule is CCN1CC[C@@H](Nc2cccc3c(CC(F)(F)F)c(C#CCNc4ccc(P(C)(C)=O)cc4OC)sc23)[C@@H](F)C1. The number of anilines is 2. The summed E-state index contributed by atoms with van der Waals surface area (Å²) in [4.78, 5) is 2.38. The van der Waals surface area contributed by atoms with Crippen LogP contribution < -0.4 is 20.7 Å². The Morgan fingerprint density at radius 2 is 1.98 bits per heavy atom. The van der Waals surface area contributed by atoms with E-state index in [-0.39, 0.29) is 12.1 Å². The lowest BCUT2D eigenvalue weighted by Gasteiger charge is -2.35. The second kappa shape index (κ2) is 12.4. The summed E-state index contributed by atoms with van der Waals surface area (Å²) in [7, 11) is -0.955. The number of benzene rings is 2. The van der Waals surface area contributed by atoms with Gasteiger partial charge in [-0.05, 0) is 61.5 Å². The van der Waals surface area contributed by atoms with Crippen LogP contribution in [0.2, 0.25) is 0 Å². The van der Waals surface area contributed by atoms with E-state index < -0.39 is 32.0 Å². The van der Waals surface area contributed by atoms with Crippen molar-refractivity contribution in [1.82, 2.24) is 4.90 Å². The molecule has 0 amide bonds. The number of methoxy groups -OCH3 is 1. The fraction of sp³-hybridized carbons (Fsp3) is 0.448. The molecule has 2 atom stereocenters. The van der Waals surface area contributed by atoms with E-state index in [0.717, 1.165) is 13.1 Å². The lowest BCUT2D eigenvalue weighted by Crippen LogP contribution is -2.47. The average molecular weight is 596 g/mol. The molecule has 2 N–H and O–H groups in total. The van der Waals surface area contributed by atoms with Crippen LogP contribution in [0.4, 0.5) is 28.9 Å². The highest BCUT2D eigenvalue weighted by Crippen LogP contribution is 2.40. The Bertz CT molecular complexity index is 1460. The first-order chi connectivity index (χ1) is 18.9. The third kappa shape index (κ3) is 7.31. The topological polar surface area (TPSA) is 53.6 Å². The largest absolute Gasteiger partial charge is 0.495 e. The number of thiophene rings is 1. The minimum Gasteiger partial charge on any atom is -0.495 e.